The summed E-state index contributed by atoms with van der Waals surface area (Å²) < 4.78 is 0. The molecule has 1 unspecified atom stereocenters. The molecule has 1 aromatic carbocycles. The van der Waals surface area contributed by atoms with Crippen molar-refractivity contribution in [1.82, 2.24) is 10.2 Å². The number of nitrogens with one attached hydrogen (secondary N) is 1. The molecule has 3 N–H and O–H groups in total. The SMILES string of the molecule is CNC(=O)C(C)CN(C)CC(=O)N(C)c1ccc(N)cc1. The van der Waals surface area contributed by atoms with Gasteiger partial charge in [-0.3, -0.25) is 14.5 Å². The molecule has 6 heteroatoms. The summed E-state index contributed by atoms with van der Waals surface area (Å²) in [4.78, 5) is 27.1. The zero-order chi connectivity index (χ0) is 16.0. The second kappa shape index (κ2) is 7.64. The first-order valence-corrected chi connectivity index (χ1v) is 6.87. The molecule has 0 heterocycles. The molecule has 21 heavy (non-hydrogen) atoms. The van der Waals surface area contributed by atoms with Crippen LogP contribution in [0.15, 0.2) is 24.3 Å². The lowest BCUT2D eigenvalue weighted by molar-refractivity contribution is -0.125. The molecule has 0 saturated heterocycles. The Bertz CT molecular complexity index is 487. The third kappa shape index (κ3) is 5.07. The average Bonchev–Trinajstić information content (AvgIpc) is 2.46. The molecule has 1 rings (SSSR count). The molecule has 0 fully saturated rings. The predicted molar refractivity (Wildman–Crippen MR) is 85.0 cm³/mol. The molecule has 6 nitrogen and oxygen atoms in total. The second-order valence-electron chi connectivity index (χ2n) is 5.26. The van der Waals surface area contributed by atoms with Gasteiger partial charge in [-0.05, 0) is 31.3 Å². The first kappa shape index (κ1) is 17.0. The molecule has 0 aliphatic rings. The van der Waals surface area contributed by atoms with Crippen molar-refractivity contribution < 1.29 is 9.59 Å². The lowest BCUT2D eigenvalue weighted by atomic mass is 10.1. The molecule has 0 aliphatic carbocycles. The van der Waals surface area contributed by atoms with Gasteiger partial charge in [0.15, 0.2) is 0 Å². The normalized spacial score (nSPS) is 12.0. The molecule has 1 aromatic rings. The number of rotatable bonds is 6. The molecular weight excluding hydrogens is 268 g/mol. The highest BCUT2D eigenvalue weighted by molar-refractivity contribution is 5.94. The molecule has 0 aliphatic heterocycles. The van der Waals surface area contributed by atoms with E-state index in [2.05, 4.69) is 5.32 Å². The molecule has 0 bridgehead atoms. The van der Waals surface area contributed by atoms with Crippen molar-refractivity contribution in [2.75, 3.05) is 44.9 Å². The van der Waals surface area contributed by atoms with Crippen molar-refractivity contribution >= 4 is 23.2 Å². The number of benzene rings is 1. The van der Waals surface area contributed by atoms with Crippen molar-refractivity contribution in [3.63, 3.8) is 0 Å². The Morgan fingerprint density at radius 1 is 1.24 bits per heavy atom. The lowest BCUT2D eigenvalue weighted by Gasteiger charge is -2.23. The summed E-state index contributed by atoms with van der Waals surface area (Å²) in [6, 6.07) is 7.13. The highest BCUT2D eigenvalue weighted by Gasteiger charge is 2.17. The molecule has 0 radical (unpaired) electrons. The summed E-state index contributed by atoms with van der Waals surface area (Å²) in [5.74, 6) is -0.220. The average molecular weight is 292 g/mol. The predicted octanol–water partition coefficient (Wildman–Crippen LogP) is 0.546. The van der Waals surface area contributed by atoms with Gasteiger partial charge < -0.3 is 16.0 Å². The number of anilines is 2. The first-order chi connectivity index (χ1) is 9.85. The van der Waals surface area contributed by atoms with Crippen LogP contribution in [0.25, 0.3) is 0 Å². The van der Waals surface area contributed by atoms with Crippen LogP contribution in [0.4, 0.5) is 11.4 Å². The number of hydrogen-bond donors (Lipinski definition) is 2. The molecular formula is C15H24N4O2. The fourth-order valence-electron chi connectivity index (χ4n) is 2.04. The Kier molecular flexibility index (Phi) is 6.17. The van der Waals surface area contributed by atoms with Crippen LogP contribution in [0.3, 0.4) is 0 Å². The van der Waals surface area contributed by atoms with Crippen LogP contribution in [0, 0.1) is 5.92 Å². The number of nitrogens with zero attached hydrogens (tertiary/aromatic N) is 2. The maximum atomic E-state index is 12.2. The Labute approximate surface area is 125 Å². The number of hydrogen-bond acceptors (Lipinski definition) is 4. The zero-order valence-corrected chi connectivity index (χ0v) is 13.1. The Morgan fingerprint density at radius 3 is 2.33 bits per heavy atom. The van der Waals surface area contributed by atoms with Gasteiger partial charge >= 0.3 is 0 Å². The minimum atomic E-state index is -0.158. The molecule has 116 valence electrons. The van der Waals surface area contributed by atoms with Crippen molar-refractivity contribution in [2.45, 2.75) is 6.92 Å². The van der Waals surface area contributed by atoms with Crippen LogP contribution in [-0.4, -0.2) is 50.9 Å². The highest BCUT2D eigenvalue weighted by atomic mass is 16.2. The van der Waals surface area contributed by atoms with Gasteiger partial charge in [0.2, 0.25) is 11.8 Å². The van der Waals surface area contributed by atoms with Gasteiger partial charge in [0, 0.05) is 37.9 Å². The smallest absolute Gasteiger partial charge is 0.240 e. The fourth-order valence-corrected chi connectivity index (χ4v) is 2.04. The van der Waals surface area contributed by atoms with E-state index < -0.39 is 0 Å². The van der Waals surface area contributed by atoms with Gasteiger partial charge in [-0.1, -0.05) is 6.92 Å². The van der Waals surface area contributed by atoms with Crippen molar-refractivity contribution in [2.24, 2.45) is 5.92 Å². The third-order valence-electron chi connectivity index (χ3n) is 3.34. The van der Waals surface area contributed by atoms with E-state index in [1.54, 1.807) is 43.3 Å². The number of nitrogens with two attached hydrogens (primary N) is 1. The van der Waals surface area contributed by atoms with Gasteiger partial charge in [-0.15, -0.1) is 0 Å². The van der Waals surface area contributed by atoms with E-state index in [4.69, 9.17) is 5.73 Å². The maximum Gasteiger partial charge on any atom is 0.240 e. The first-order valence-electron chi connectivity index (χ1n) is 6.87. The van der Waals surface area contributed by atoms with E-state index in [9.17, 15) is 9.59 Å². The number of likely N-dealkylation sites (N-methyl/N-ethyl adjacent to an activating group) is 2. The monoisotopic (exact) mass is 292 g/mol. The highest BCUT2D eigenvalue weighted by Crippen LogP contribution is 2.15. The lowest BCUT2D eigenvalue weighted by Crippen LogP contribution is -2.40. The second-order valence-corrected chi connectivity index (χ2v) is 5.26. The van der Waals surface area contributed by atoms with Gasteiger partial charge in [-0.25, -0.2) is 0 Å². The van der Waals surface area contributed by atoms with E-state index in [1.807, 2.05) is 18.9 Å². The summed E-state index contributed by atoms with van der Waals surface area (Å²) >= 11 is 0. The van der Waals surface area contributed by atoms with Crippen LogP contribution < -0.4 is 16.0 Å². The zero-order valence-electron chi connectivity index (χ0n) is 13.1. The minimum Gasteiger partial charge on any atom is -0.399 e. The van der Waals surface area contributed by atoms with Crippen molar-refractivity contribution in [3.05, 3.63) is 24.3 Å². The van der Waals surface area contributed by atoms with Crippen molar-refractivity contribution in [3.8, 4) is 0 Å². The maximum absolute atomic E-state index is 12.2. The van der Waals surface area contributed by atoms with Gasteiger partial charge in [0.25, 0.3) is 0 Å². The largest absolute Gasteiger partial charge is 0.399 e. The Hall–Kier alpha value is -2.08. The molecule has 0 saturated carbocycles. The molecule has 0 spiro atoms. The van der Waals surface area contributed by atoms with Crippen LogP contribution in [0.2, 0.25) is 0 Å². The molecule has 1 atom stereocenters. The number of carbonyl (C=O) groups is 2. The third-order valence-corrected chi connectivity index (χ3v) is 3.34. The van der Waals surface area contributed by atoms with Gasteiger partial charge in [0.05, 0.1) is 6.54 Å². The van der Waals surface area contributed by atoms with Gasteiger partial charge in [-0.2, -0.15) is 0 Å². The van der Waals surface area contributed by atoms with E-state index in [1.165, 1.54) is 0 Å². The van der Waals surface area contributed by atoms with E-state index in [0.29, 0.717) is 12.2 Å². The fraction of sp³-hybridized carbons (Fsp3) is 0.467. The summed E-state index contributed by atoms with van der Waals surface area (Å²) in [5, 5.41) is 2.60. The molecule has 2 amide bonds. The number of nitrogen functional groups attached to an aromatic ring is 1. The van der Waals surface area contributed by atoms with Crippen LogP contribution in [-0.2, 0) is 9.59 Å². The summed E-state index contributed by atoms with van der Waals surface area (Å²) in [6.07, 6.45) is 0. The summed E-state index contributed by atoms with van der Waals surface area (Å²) in [7, 11) is 5.16. The Balaban J connectivity index is 2.55. The van der Waals surface area contributed by atoms with E-state index >= 15 is 0 Å². The van der Waals surface area contributed by atoms with Crippen LogP contribution >= 0.6 is 0 Å². The number of amides is 2. The standard InChI is InChI=1S/C15H24N4O2/c1-11(15(21)17-2)9-18(3)10-14(20)19(4)13-7-5-12(16)6-8-13/h5-8,11H,9-10,16H2,1-4H3,(H,17,21). The van der Waals surface area contributed by atoms with Gasteiger partial charge in [0.1, 0.15) is 0 Å². The van der Waals surface area contributed by atoms with Crippen LogP contribution in [0.1, 0.15) is 6.92 Å². The summed E-state index contributed by atoms with van der Waals surface area (Å²) in [6.45, 7) is 2.62. The summed E-state index contributed by atoms with van der Waals surface area (Å²) in [5.41, 5.74) is 7.09. The topological polar surface area (TPSA) is 78.7 Å². The van der Waals surface area contributed by atoms with E-state index in [0.717, 1.165) is 5.69 Å². The minimum absolute atomic E-state index is 0.0267. The van der Waals surface area contributed by atoms with E-state index in [-0.39, 0.29) is 24.3 Å². The molecule has 0 aromatic heterocycles. The number of carbonyl (C=O) groups excluding carboxylic acids is 2. The quantitative estimate of drug-likeness (QED) is 0.750. The van der Waals surface area contributed by atoms with Crippen molar-refractivity contribution in [1.29, 1.82) is 0 Å². The Morgan fingerprint density at radius 2 is 1.81 bits per heavy atom. The van der Waals surface area contributed by atoms with Crippen LogP contribution in [0.5, 0.6) is 0 Å².